The number of methoxy groups -OCH3 is 1. The van der Waals surface area contributed by atoms with E-state index in [9.17, 15) is 18.0 Å². The van der Waals surface area contributed by atoms with Crippen LogP contribution < -0.4 is 20.3 Å². The molecule has 0 bridgehead atoms. The Morgan fingerprint density at radius 3 is 2.48 bits per heavy atom. The number of benzene rings is 2. The minimum atomic E-state index is -4.20. The zero-order chi connectivity index (χ0) is 23.8. The van der Waals surface area contributed by atoms with Crippen molar-refractivity contribution in [2.24, 2.45) is 7.05 Å². The van der Waals surface area contributed by atoms with Crippen molar-refractivity contribution in [3.63, 3.8) is 0 Å². The van der Waals surface area contributed by atoms with Crippen LogP contribution >= 0.6 is 11.6 Å². The molecular formula is C19H16ClN7O5S. The van der Waals surface area contributed by atoms with Gasteiger partial charge in [0.05, 0.1) is 22.9 Å². The lowest BCUT2D eigenvalue weighted by Gasteiger charge is -2.11. The van der Waals surface area contributed by atoms with Crippen LogP contribution in [0.1, 0.15) is 0 Å². The van der Waals surface area contributed by atoms with Crippen molar-refractivity contribution >= 4 is 44.5 Å². The van der Waals surface area contributed by atoms with Gasteiger partial charge in [0.1, 0.15) is 0 Å². The molecule has 33 heavy (non-hydrogen) atoms. The predicted octanol–water partition coefficient (Wildman–Crippen LogP) is 1.69. The fourth-order valence-corrected chi connectivity index (χ4v) is 3.95. The summed E-state index contributed by atoms with van der Waals surface area (Å²) in [5, 5.41) is 7.10. The highest BCUT2D eigenvalue weighted by Crippen LogP contribution is 2.18. The maximum absolute atomic E-state index is 12.7. The molecule has 0 spiro atoms. The molecule has 2 aromatic heterocycles. The number of nitrogens with one attached hydrogen (secondary N) is 2. The van der Waals surface area contributed by atoms with Crippen LogP contribution in [0.25, 0.3) is 16.9 Å². The normalized spacial score (nSPS) is 11.4. The molecule has 2 N–H and O–H groups in total. The number of para-hydroxylation sites is 1. The molecule has 4 rings (SSSR count). The van der Waals surface area contributed by atoms with Gasteiger partial charge in [-0.3, -0.25) is 14.7 Å². The number of sulfonamides is 1. The lowest BCUT2D eigenvalue weighted by atomic mass is 10.2. The van der Waals surface area contributed by atoms with Crippen LogP contribution in [0.3, 0.4) is 0 Å². The maximum atomic E-state index is 12.7. The standard InChI is InChI=1S/C19H16ClN7O5S/c1-26-15(28)13-5-3-4-6-14(13)21-19(26)27-16(23-18(24-27)32-2)22-17(29)25-33(30,31)12-9-7-11(20)8-10-12/h3-10H,1-2H3,(H2,22,23,24,25,29). The van der Waals surface area contributed by atoms with E-state index in [4.69, 9.17) is 16.3 Å². The number of urea groups is 1. The Bertz CT molecular complexity index is 1530. The second kappa shape index (κ2) is 8.52. The van der Waals surface area contributed by atoms with Gasteiger partial charge >= 0.3 is 12.0 Å². The molecule has 0 atom stereocenters. The number of carbonyl (C=O) groups excluding carboxylic acids is 1. The number of fused-ring (bicyclic) bond motifs is 1. The Balaban J connectivity index is 1.69. The van der Waals surface area contributed by atoms with Gasteiger partial charge in [0.2, 0.25) is 11.9 Å². The van der Waals surface area contributed by atoms with Crippen LogP contribution in [0.4, 0.5) is 10.7 Å². The Labute approximate surface area is 191 Å². The first kappa shape index (κ1) is 22.2. The summed E-state index contributed by atoms with van der Waals surface area (Å²) >= 11 is 5.77. The average Bonchev–Trinajstić information content (AvgIpc) is 3.18. The highest BCUT2D eigenvalue weighted by atomic mass is 35.5. The Morgan fingerprint density at radius 2 is 1.79 bits per heavy atom. The summed E-state index contributed by atoms with van der Waals surface area (Å²) in [6.07, 6.45) is 0. The van der Waals surface area contributed by atoms with Gasteiger partial charge in [-0.25, -0.2) is 22.9 Å². The number of rotatable bonds is 5. The number of ether oxygens (including phenoxy) is 1. The molecule has 0 unspecified atom stereocenters. The highest BCUT2D eigenvalue weighted by molar-refractivity contribution is 7.90. The Morgan fingerprint density at radius 1 is 1.09 bits per heavy atom. The number of halogens is 1. The first-order valence-electron chi connectivity index (χ1n) is 9.26. The molecule has 0 fully saturated rings. The molecule has 2 heterocycles. The third kappa shape index (κ3) is 4.36. The van der Waals surface area contributed by atoms with E-state index in [1.165, 1.54) is 43.0 Å². The predicted molar refractivity (Wildman–Crippen MR) is 119 cm³/mol. The van der Waals surface area contributed by atoms with Crippen LogP contribution in [-0.2, 0) is 17.1 Å². The summed E-state index contributed by atoms with van der Waals surface area (Å²) in [5.41, 5.74) is 0.0385. The summed E-state index contributed by atoms with van der Waals surface area (Å²) in [6.45, 7) is 0. The molecule has 0 radical (unpaired) electrons. The smallest absolute Gasteiger partial charge is 0.337 e. The van der Waals surface area contributed by atoms with Crippen molar-refractivity contribution < 1.29 is 17.9 Å². The fraction of sp³-hybridized carbons (Fsp3) is 0.105. The van der Waals surface area contributed by atoms with Crippen molar-refractivity contribution in [1.82, 2.24) is 29.0 Å². The van der Waals surface area contributed by atoms with Gasteiger partial charge in [-0.1, -0.05) is 23.7 Å². The number of amides is 2. The number of carbonyl (C=O) groups is 1. The van der Waals surface area contributed by atoms with Gasteiger partial charge in [-0.2, -0.15) is 9.67 Å². The van der Waals surface area contributed by atoms with E-state index >= 15 is 0 Å². The van der Waals surface area contributed by atoms with Gasteiger partial charge < -0.3 is 4.74 Å². The zero-order valence-corrected chi connectivity index (χ0v) is 18.8. The van der Waals surface area contributed by atoms with E-state index < -0.39 is 16.1 Å². The zero-order valence-electron chi connectivity index (χ0n) is 17.2. The van der Waals surface area contributed by atoms with Crippen molar-refractivity contribution in [2.75, 3.05) is 12.4 Å². The van der Waals surface area contributed by atoms with Crippen molar-refractivity contribution in [1.29, 1.82) is 0 Å². The number of hydrogen-bond acceptors (Lipinski definition) is 8. The van der Waals surface area contributed by atoms with Gasteiger partial charge in [-0.05, 0) is 36.4 Å². The molecule has 12 nitrogen and oxygen atoms in total. The Hall–Kier alpha value is -3.97. The second-order valence-electron chi connectivity index (χ2n) is 6.64. The van der Waals surface area contributed by atoms with Crippen LogP contribution in [0.15, 0.2) is 58.2 Å². The SMILES string of the molecule is COc1nc(NC(=O)NS(=O)(=O)c2ccc(Cl)cc2)n(-c2nc3ccccc3c(=O)n2C)n1. The van der Waals surface area contributed by atoms with Crippen LogP contribution in [0.2, 0.25) is 5.02 Å². The monoisotopic (exact) mass is 489 g/mol. The van der Waals surface area contributed by atoms with Crippen molar-refractivity contribution in [2.45, 2.75) is 4.90 Å². The molecule has 0 aliphatic rings. The molecule has 0 saturated carbocycles. The third-order valence-electron chi connectivity index (χ3n) is 4.50. The maximum Gasteiger partial charge on any atom is 0.337 e. The molecule has 2 amide bonds. The molecular weight excluding hydrogens is 474 g/mol. The largest absolute Gasteiger partial charge is 0.466 e. The van der Waals surface area contributed by atoms with Gasteiger partial charge in [-0.15, -0.1) is 5.10 Å². The molecule has 0 saturated heterocycles. The molecule has 4 aromatic rings. The van der Waals surface area contributed by atoms with E-state index in [2.05, 4.69) is 20.4 Å². The van der Waals surface area contributed by atoms with Crippen LogP contribution in [0.5, 0.6) is 6.01 Å². The summed E-state index contributed by atoms with van der Waals surface area (Å²) in [6, 6.07) is 10.7. The van der Waals surface area contributed by atoms with Crippen LogP contribution in [0, 0.1) is 0 Å². The molecule has 170 valence electrons. The molecule has 2 aromatic carbocycles. The third-order valence-corrected chi connectivity index (χ3v) is 6.09. The fourth-order valence-electron chi connectivity index (χ4n) is 2.92. The Kier molecular flexibility index (Phi) is 5.74. The van der Waals surface area contributed by atoms with E-state index in [0.717, 1.165) is 4.68 Å². The summed E-state index contributed by atoms with van der Waals surface area (Å²) in [4.78, 5) is 33.5. The first-order valence-corrected chi connectivity index (χ1v) is 11.1. The number of nitrogens with zero attached hydrogens (tertiary/aromatic N) is 5. The lowest BCUT2D eigenvalue weighted by molar-refractivity contribution is 0.256. The topological polar surface area (TPSA) is 150 Å². The summed E-state index contributed by atoms with van der Waals surface area (Å²) < 4.78 is 34.1. The van der Waals surface area contributed by atoms with Crippen molar-refractivity contribution in [3.8, 4) is 12.0 Å². The summed E-state index contributed by atoms with van der Waals surface area (Å²) in [5.74, 6) is -0.209. The lowest BCUT2D eigenvalue weighted by Crippen LogP contribution is -2.35. The van der Waals surface area contributed by atoms with E-state index in [1.807, 2.05) is 4.72 Å². The quantitative estimate of drug-likeness (QED) is 0.430. The van der Waals surface area contributed by atoms with E-state index in [1.54, 1.807) is 24.3 Å². The van der Waals surface area contributed by atoms with Gasteiger partial charge in [0.15, 0.2) is 0 Å². The van der Waals surface area contributed by atoms with Gasteiger partial charge in [0, 0.05) is 12.1 Å². The highest BCUT2D eigenvalue weighted by Gasteiger charge is 2.22. The minimum Gasteiger partial charge on any atom is -0.466 e. The number of anilines is 1. The minimum absolute atomic E-state index is 0.0189. The van der Waals surface area contributed by atoms with E-state index in [0.29, 0.717) is 15.9 Å². The molecule has 0 aliphatic heterocycles. The van der Waals surface area contributed by atoms with E-state index in [-0.39, 0.29) is 28.4 Å². The van der Waals surface area contributed by atoms with Crippen molar-refractivity contribution in [3.05, 3.63) is 63.9 Å². The summed E-state index contributed by atoms with van der Waals surface area (Å²) in [7, 11) is -1.42. The van der Waals surface area contributed by atoms with Crippen LogP contribution in [-0.4, -0.2) is 45.9 Å². The number of aromatic nitrogens is 5. The average molecular weight is 490 g/mol. The second-order valence-corrected chi connectivity index (χ2v) is 8.76. The first-order chi connectivity index (χ1) is 15.7. The molecule has 0 aliphatic carbocycles. The molecule has 14 heteroatoms. The van der Waals surface area contributed by atoms with Gasteiger partial charge in [0.25, 0.3) is 15.6 Å². The number of hydrogen-bond donors (Lipinski definition) is 2.